The maximum Gasteiger partial charge on any atom is 0.312 e. The molecule has 4 saturated carbocycles. The van der Waals surface area contributed by atoms with E-state index in [4.69, 9.17) is 4.74 Å². The third-order valence-corrected chi connectivity index (χ3v) is 8.73. The Labute approximate surface area is 164 Å². The number of esters is 1. The van der Waals surface area contributed by atoms with Crippen LogP contribution in [-0.4, -0.2) is 35.0 Å². The summed E-state index contributed by atoms with van der Waals surface area (Å²) in [5, 5.41) is 0. The van der Waals surface area contributed by atoms with E-state index in [9.17, 15) is 9.59 Å². The second-order valence-corrected chi connectivity index (χ2v) is 10.5. The summed E-state index contributed by atoms with van der Waals surface area (Å²) in [6.45, 7) is 9.28. The van der Waals surface area contributed by atoms with Crippen molar-refractivity contribution in [3.63, 3.8) is 0 Å². The first-order valence-electron chi connectivity index (χ1n) is 11.3. The van der Waals surface area contributed by atoms with Crippen molar-refractivity contribution in [1.82, 2.24) is 4.90 Å². The van der Waals surface area contributed by atoms with Gasteiger partial charge in [0.05, 0.1) is 5.41 Å². The van der Waals surface area contributed by atoms with E-state index < -0.39 is 5.41 Å². The van der Waals surface area contributed by atoms with E-state index in [1.165, 1.54) is 32.1 Å². The van der Waals surface area contributed by atoms with Crippen LogP contribution >= 0.6 is 0 Å². The lowest BCUT2D eigenvalue weighted by atomic mass is 9.50. The summed E-state index contributed by atoms with van der Waals surface area (Å²) in [6.07, 6.45) is 9.46. The molecule has 27 heavy (non-hydrogen) atoms. The number of carbonyl (C=O) groups is 2. The summed E-state index contributed by atoms with van der Waals surface area (Å²) >= 11 is 0. The summed E-state index contributed by atoms with van der Waals surface area (Å²) in [5.74, 6) is 3.06. The Hall–Kier alpha value is -1.06. The first-order chi connectivity index (χ1) is 12.7. The molecule has 4 aliphatic carbocycles. The molecule has 1 saturated heterocycles. The monoisotopic (exact) mass is 375 g/mol. The molecule has 5 aliphatic rings. The first kappa shape index (κ1) is 19.3. The van der Waals surface area contributed by atoms with E-state index in [0.29, 0.717) is 24.7 Å². The van der Waals surface area contributed by atoms with Gasteiger partial charge in [-0.3, -0.25) is 9.59 Å². The van der Waals surface area contributed by atoms with Crippen molar-refractivity contribution in [2.45, 2.75) is 97.1 Å². The highest BCUT2D eigenvalue weighted by Crippen LogP contribution is 2.59. The molecule has 5 rings (SSSR count). The highest BCUT2D eigenvalue weighted by Gasteiger charge is 2.58. The summed E-state index contributed by atoms with van der Waals surface area (Å²) in [4.78, 5) is 27.5. The smallest absolute Gasteiger partial charge is 0.312 e. The molecule has 4 bridgehead atoms. The fourth-order valence-corrected chi connectivity index (χ4v) is 6.88. The largest absolute Gasteiger partial charge is 0.458 e. The van der Waals surface area contributed by atoms with E-state index in [1.54, 1.807) is 0 Å². The van der Waals surface area contributed by atoms with Crippen molar-refractivity contribution in [1.29, 1.82) is 0 Å². The number of amides is 1. The van der Waals surface area contributed by atoms with Crippen molar-refractivity contribution < 1.29 is 14.3 Å². The Morgan fingerprint density at radius 3 is 2.30 bits per heavy atom. The number of ether oxygens (including phenoxy) is 1. The van der Waals surface area contributed by atoms with Crippen LogP contribution in [0.15, 0.2) is 0 Å². The Kier molecular flexibility index (Phi) is 4.83. The summed E-state index contributed by atoms with van der Waals surface area (Å²) in [5.41, 5.74) is -0.784. The van der Waals surface area contributed by atoms with Crippen molar-refractivity contribution in [2.24, 2.45) is 29.1 Å². The predicted octanol–water partition coefficient (Wildman–Crippen LogP) is 4.56. The van der Waals surface area contributed by atoms with E-state index >= 15 is 0 Å². The van der Waals surface area contributed by atoms with Gasteiger partial charge < -0.3 is 9.64 Å². The minimum Gasteiger partial charge on any atom is -0.458 e. The maximum atomic E-state index is 13.4. The Morgan fingerprint density at radius 2 is 1.81 bits per heavy atom. The van der Waals surface area contributed by atoms with Gasteiger partial charge >= 0.3 is 5.97 Å². The minimum atomic E-state index is -0.514. The van der Waals surface area contributed by atoms with Crippen molar-refractivity contribution in [3.05, 3.63) is 0 Å². The zero-order valence-electron chi connectivity index (χ0n) is 17.6. The second-order valence-electron chi connectivity index (χ2n) is 10.5. The third kappa shape index (κ3) is 3.21. The molecule has 4 heteroatoms. The molecule has 4 nitrogen and oxygen atoms in total. The number of nitrogens with zero attached hydrogens (tertiary/aromatic N) is 1. The van der Waals surface area contributed by atoms with Gasteiger partial charge in [0, 0.05) is 19.0 Å². The molecule has 2 unspecified atom stereocenters. The summed E-state index contributed by atoms with van der Waals surface area (Å²) in [6, 6.07) is 0.101. The van der Waals surface area contributed by atoms with Gasteiger partial charge in [0.2, 0.25) is 5.91 Å². The van der Waals surface area contributed by atoms with Crippen molar-refractivity contribution in [2.75, 3.05) is 6.54 Å². The molecule has 152 valence electrons. The Bertz CT molecular complexity index is 587. The van der Waals surface area contributed by atoms with Crippen LogP contribution in [0.5, 0.6) is 0 Å². The maximum absolute atomic E-state index is 13.4. The molecule has 1 heterocycles. The van der Waals surface area contributed by atoms with Gasteiger partial charge in [0.1, 0.15) is 5.60 Å². The number of hydrogen-bond acceptors (Lipinski definition) is 3. The van der Waals surface area contributed by atoms with Gasteiger partial charge in [-0.15, -0.1) is 0 Å². The lowest BCUT2D eigenvalue weighted by Gasteiger charge is -2.59. The van der Waals surface area contributed by atoms with Gasteiger partial charge in [-0.1, -0.05) is 6.92 Å². The number of hydrogen-bond donors (Lipinski definition) is 0. The van der Waals surface area contributed by atoms with Crippen LogP contribution < -0.4 is 0 Å². The molecule has 1 amide bonds. The standard InChI is InChI=1S/C23H37NO3/c1-5-22(3,14-15(2)24-8-6-7-20(24)25)21(26)27-23(4)18-10-16-9-17(12-18)13-19(23)11-16/h15-19H,5-14H2,1-4H3. The average Bonchev–Trinajstić information content (AvgIpc) is 3.05. The van der Waals surface area contributed by atoms with Crippen LogP contribution in [0.4, 0.5) is 0 Å². The molecule has 0 N–H and O–H groups in total. The number of rotatable bonds is 6. The minimum absolute atomic E-state index is 0.0292. The van der Waals surface area contributed by atoms with Crippen LogP contribution in [0.3, 0.4) is 0 Å². The van der Waals surface area contributed by atoms with Gasteiger partial charge in [0.15, 0.2) is 0 Å². The van der Waals surface area contributed by atoms with E-state index in [2.05, 4.69) is 20.8 Å². The fraction of sp³-hybridized carbons (Fsp3) is 0.913. The SMILES string of the molecule is CCC(C)(CC(C)N1CCCC1=O)C(=O)OC1(C)C2CC3CC(C2)CC1C3. The molecular formula is C23H37NO3. The lowest BCUT2D eigenvalue weighted by molar-refractivity contribution is -0.213. The molecule has 0 radical (unpaired) electrons. The molecule has 0 aromatic heterocycles. The normalized spacial score (nSPS) is 40.9. The predicted molar refractivity (Wildman–Crippen MR) is 105 cm³/mol. The number of carbonyl (C=O) groups excluding carboxylic acids is 2. The van der Waals surface area contributed by atoms with Gasteiger partial charge in [-0.05, 0) is 95.8 Å². The zero-order chi connectivity index (χ0) is 19.4. The van der Waals surface area contributed by atoms with Crippen LogP contribution in [0.2, 0.25) is 0 Å². The van der Waals surface area contributed by atoms with E-state index in [-0.39, 0.29) is 23.5 Å². The van der Waals surface area contributed by atoms with E-state index in [0.717, 1.165) is 31.2 Å². The van der Waals surface area contributed by atoms with Crippen LogP contribution in [0, 0.1) is 29.1 Å². The fourth-order valence-electron chi connectivity index (χ4n) is 6.88. The molecule has 1 aliphatic heterocycles. The molecule has 2 atom stereocenters. The first-order valence-corrected chi connectivity index (χ1v) is 11.3. The number of likely N-dealkylation sites (tertiary alicyclic amines) is 1. The molecule has 0 aromatic rings. The van der Waals surface area contributed by atoms with Gasteiger partial charge in [0.25, 0.3) is 0 Å². The van der Waals surface area contributed by atoms with E-state index in [1.807, 2.05) is 11.8 Å². The van der Waals surface area contributed by atoms with Crippen LogP contribution in [0.25, 0.3) is 0 Å². The highest BCUT2D eigenvalue weighted by atomic mass is 16.6. The summed E-state index contributed by atoms with van der Waals surface area (Å²) in [7, 11) is 0. The second kappa shape index (κ2) is 6.77. The zero-order valence-corrected chi connectivity index (χ0v) is 17.6. The molecule has 0 aromatic carbocycles. The topological polar surface area (TPSA) is 46.6 Å². The average molecular weight is 376 g/mol. The Morgan fingerprint density at radius 1 is 1.22 bits per heavy atom. The molecule has 5 fully saturated rings. The Balaban J connectivity index is 1.46. The lowest BCUT2D eigenvalue weighted by Crippen LogP contribution is -2.59. The van der Waals surface area contributed by atoms with Gasteiger partial charge in [-0.25, -0.2) is 0 Å². The third-order valence-electron chi connectivity index (χ3n) is 8.73. The summed E-state index contributed by atoms with van der Waals surface area (Å²) < 4.78 is 6.42. The quantitative estimate of drug-likeness (QED) is 0.639. The van der Waals surface area contributed by atoms with Crippen LogP contribution in [0.1, 0.15) is 85.5 Å². The van der Waals surface area contributed by atoms with Crippen molar-refractivity contribution in [3.8, 4) is 0 Å². The molecule has 0 spiro atoms. The highest BCUT2D eigenvalue weighted by molar-refractivity contribution is 5.79. The van der Waals surface area contributed by atoms with Gasteiger partial charge in [-0.2, -0.15) is 0 Å². The van der Waals surface area contributed by atoms with Crippen LogP contribution in [-0.2, 0) is 14.3 Å². The molecular weight excluding hydrogens is 338 g/mol. The van der Waals surface area contributed by atoms with Crippen molar-refractivity contribution >= 4 is 11.9 Å².